The molecule has 0 spiro atoms. The number of aromatic nitrogens is 1. The Kier molecular flexibility index (Phi) is 5.94. The molecule has 1 aromatic carbocycles. The van der Waals surface area contributed by atoms with Crippen molar-refractivity contribution in [2.75, 3.05) is 6.61 Å². The van der Waals surface area contributed by atoms with Gasteiger partial charge < -0.3 is 14.5 Å². The summed E-state index contributed by atoms with van der Waals surface area (Å²) in [5, 5.41) is 2.99. The van der Waals surface area contributed by atoms with Crippen LogP contribution in [0.15, 0.2) is 34.7 Å². The second-order valence-corrected chi connectivity index (χ2v) is 7.31. The van der Waals surface area contributed by atoms with Crippen molar-refractivity contribution in [1.29, 1.82) is 0 Å². The van der Waals surface area contributed by atoms with Crippen LogP contribution < -0.4 is 5.32 Å². The first-order valence-corrected chi connectivity index (χ1v) is 9.45. The number of nitrogens with zero attached hydrogens (tertiary/aromatic N) is 1. The Morgan fingerprint density at radius 2 is 1.96 bits per heavy atom. The third-order valence-corrected chi connectivity index (χ3v) is 5.40. The van der Waals surface area contributed by atoms with Crippen LogP contribution in [0.5, 0.6) is 0 Å². The average molecular weight is 370 g/mol. The molecular weight excluding hydrogens is 344 g/mol. The third kappa shape index (κ3) is 4.56. The van der Waals surface area contributed by atoms with Gasteiger partial charge in [-0.2, -0.15) is 0 Å². The van der Waals surface area contributed by atoms with Gasteiger partial charge in [0.05, 0.1) is 0 Å². The van der Waals surface area contributed by atoms with E-state index >= 15 is 0 Å². The summed E-state index contributed by atoms with van der Waals surface area (Å²) in [5.41, 5.74) is 0.874. The summed E-state index contributed by atoms with van der Waals surface area (Å²) in [6.45, 7) is 5.70. The number of hydrogen-bond acceptors (Lipinski definition) is 5. The first-order chi connectivity index (χ1) is 13.0. The Bertz CT molecular complexity index is 800. The van der Waals surface area contributed by atoms with Gasteiger partial charge >= 0.3 is 5.97 Å². The van der Waals surface area contributed by atoms with Crippen LogP contribution in [-0.4, -0.2) is 29.5 Å². The van der Waals surface area contributed by atoms with Crippen LogP contribution in [0.25, 0.3) is 11.5 Å². The SMILES string of the molecule is Cc1oc(-c2ccccc2)nc1C(=O)OCC(=O)N[C@H]1CCC[C@H](C)[C@@H]1C. The highest BCUT2D eigenvalue weighted by Gasteiger charge is 2.28. The second-order valence-electron chi connectivity index (χ2n) is 7.31. The molecule has 1 saturated carbocycles. The van der Waals surface area contributed by atoms with Crippen molar-refractivity contribution in [3.63, 3.8) is 0 Å². The zero-order chi connectivity index (χ0) is 19.4. The van der Waals surface area contributed by atoms with E-state index in [0.29, 0.717) is 23.5 Å². The number of amides is 1. The van der Waals surface area contributed by atoms with Crippen LogP contribution in [0, 0.1) is 18.8 Å². The molecule has 1 fully saturated rings. The molecule has 3 atom stereocenters. The van der Waals surface area contributed by atoms with Gasteiger partial charge in [0.1, 0.15) is 5.76 Å². The highest BCUT2D eigenvalue weighted by atomic mass is 16.5. The van der Waals surface area contributed by atoms with E-state index < -0.39 is 5.97 Å². The number of oxazole rings is 1. The molecule has 144 valence electrons. The maximum absolute atomic E-state index is 12.3. The van der Waals surface area contributed by atoms with Gasteiger partial charge in [-0.1, -0.05) is 44.9 Å². The second kappa shape index (κ2) is 8.37. The zero-order valence-electron chi connectivity index (χ0n) is 16.0. The molecule has 1 amide bonds. The number of rotatable bonds is 5. The van der Waals surface area contributed by atoms with Gasteiger partial charge in [0.2, 0.25) is 5.89 Å². The summed E-state index contributed by atoms with van der Waals surface area (Å²) >= 11 is 0. The Morgan fingerprint density at radius 3 is 2.70 bits per heavy atom. The first kappa shape index (κ1) is 19.1. The van der Waals surface area contributed by atoms with Crippen LogP contribution >= 0.6 is 0 Å². The Hall–Kier alpha value is -2.63. The lowest BCUT2D eigenvalue weighted by atomic mass is 9.78. The van der Waals surface area contributed by atoms with E-state index in [4.69, 9.17) is 9.15 Å². The zero-order valence-corrected chi connectivity index (χ0v) is 16.0. The lowest BCUT2D eigenvalue weighted by Gasteiger charge is -2.34. The predicted octanol–water partition coefficient (Wildman–Crippen LogP) is 3.75. The van der Waals surface area contributed by atoms with Crippen molar-refractivity contribution in [3.05, 3.63) is 41.8 Å². The van der Waals surface area contributed by atoms with Crippen molar-refractivity contribution in [3.8, 4) is 11.5 Å². The Morgan fingerprint density at radius 1 is 1.22 bits per heavy atom. The van der Waals surface area contributed by atoms with Gasteiger partial charge in [-0.05, 0) is 37.3 Å². The van der Waals surface area contributed by atoms with Crippen LogP contribution in [0.2, 0.25) is 0 Å². The number of carbonyl (C=O) groups excluding carboxylic acids is 2. The third-order valence-electron chi connectivity index (χ3n) is 5.40. The largest absolute Gasteiger partial charge is 0.451 e. The van der Waals surface area contributed by atoms with Crippen LogP contribution in [0.1, 0.15) is 49.4 Å². The van der Waals surface area contributed by atoms with Gasteiger partial charge in [0, 0.05) is 11.6 Å². The highest BCUT2D eigenvalue weighted by Crippen LogP contribution is 2.29. The quantitative estimate of drug-likeness (QED) is 0.811. The molecule has 0 aliphatic heterocycles. The number of benzene rings is 1. The molecular formula is C21H26N2O4. The number of esters is 1. The minimum Gasteiger partial charge on any atom is -0.451 e. The predicted molar refractivity (Wildman–Crippen MR) is 101 cm³/mol. The number of ether oxygens (including phenoxy) is 1. The fraction of sp³-hybridized carbons (Fsp3) is 0.476. The Balaban J connectivity index is 1.56. The first-order valence-electron chi connectivity index (χ1n) is 9.45. The molecule has 3 rings (SSSR count). The highest BCUT2D eigenvalue weighted by molar-refractivity contribution is 5.91. The summed E-state index contributed by atoms with van der Waals surface area (Å²) in [6.07, 6.45) is 3.27. The number of aryl methyl sites for hydroxylation is 1. The van der Waals surface area contributed by atoms with E-state index in [0.717, 1.165) is 18.4 Å². The standard InChI is InChI=1S/C21H26N2O4/c1-13-8-7-11-17(14(13)2)22-18(24)12-26-21(25)19-15(3)27-20(23-19)16-9-5-4-6-10-16/h4-6,9-10,13-14,17H,7-8,11-12H2,1-3H3,(H,22,24)/t13-,14-,17-/m0/s1. The van der Waals surface area contributed by atoms with Gasteiger partial charge in [-0.25, -0.2) is 9.78 Å². The number of nitrogens with one attached hydrogen (secondary N) is 1. The van der Waals surface area contributed by atoms with E-state index in [2.05, 4.69) is 24.1 Å². The summed E-state index contributed by atoms with van der Waals surface area (Å²) in [7, 11) is 0. The molecule has 6 heteroatoms. The molecule has 6 nitrogen and oxygen atoms in total. The normalized spacial score (nSPS) is 22.3. The molecule has 27 heavy (non-hydrogen) atoms. The summed E-state index contributed by atoms with van der Waals surface area (Å²) < 4.78 is 10.7. The molecule has 0 radical (unpaired) electrons. The molecule has 1 aliphatic rings. The summed E-state index contributed by atoms with van der Waals surface area (Å²) in [4.78, 5) is 28.7. The fourth-order valence-electron chi connectivity index (χ4n) is 3.52. The molecule has 1 aromatic heterocycles. The summed E-state index contributed by atoms with van der Waals surface area (Å²) in [6, 6.07) is 9.45. The number of carbonyl (C=O) groups is 2. The van der Waals surface area contributed by atoms with Crippen molar-refractivity contribution < 1.29 is 18.7 Å². The lowest BCUT2D eigenvalue weighted by molar-refractivity contribution is -0.125. The smallest absolute Gasteiger partial charge is 0.361 e. The van der Waals surface area contributed by atoms with Crippen molar-refractivity contribution in [1.82, 2.24) is 10.3 Å². The van der Waals surface area contributed by atoms with Crippen molar-refractivity contribution >= 4 is 11.9 Å². The molecule has 0 saturated heterocycles. The van der Waals surface area contributed by atoms with Gasteiger partial charge in [-0.15, -0.1) is 0 Å². The maximum Gasteiger partial charge on any atom is 0.361 e. The Labute approximate surface area is 159 Å². The lowest BCUT2D eigenvalue weighted by Crippen LogP contribution is -2.45. The van der Waals surface area contributed by atoms with Crippen molar-refractivity contribution in [2.45, 2.75) is 46.1 Å². The fourth-order valence-corrected chi connectivity index (χ4v) is 3.52. The van der Waals surface area contributed by atoms with E-state index in [9.17, 15) is 9.59 Å². The summed E-state index contributed by atoms with van der Waals surface area (Å²) in [5.74, 6) is 0.797. The van der Waals surface area contributed by atoms with E-state index in [1.807, 2.05) is 30.3 Å². The van der Waals surface area contributed by atoms with Crippen LogP contribution in [0.4, 0.5) is 0 Å². The van der Waals surface area contributed by atoms with Crippen LogP contribution in [-0.2, 0) is 9.53 Å². The topological polar surface area (TPSA) is 81.4 Å². The minimum atomic E-state index is -0.654. The van der Waals surface area contributed by atoms with E-state index in [1.54, 1.807) is 6.92 Å². The van der Waals surface area contributed by atoms with E-state index in [1.165, 1.54) is 6.42 Å². The van der Waals surface area contributed by atoms with Gasteiger partial charge in [-0.3, -0.25) is 4.79 Å². The number of hydrogen-bond donors (Lipinski definition) is 1. The monoisotopic (exact) mass is 370 g/mol. The van der Waals surface area contributed by atoms with Crippen molar-refractivity contribution in [2.24, 2.45) is 11.8 Å². The van der Waals surface area contributed by atoms with E-state index in [-0.39, 0.29) is 24.2 Å². The minimum absolute atomic E-state index is 0.0984. The molecule has 1 aliphatic carbocycles. The molecule has 1 heterocycles. The van der Waals surface area contributed by atoms with Gasteiger partial charge in [0.15, 0.2) is 12.3 Å². The molecule has 1 N–H and O–H groups in total. The molecule has 0 unspecified atom stereocenters. The molecule has 2 aromatic rings. The average Bonchev–Trinajstić information content (AvgIpc) is 3.06. The maximum atomic E-state index is 12.3. The van der Waals surface area contributed by atoms with Gasteiger partial charge in [0.25, 0.3) is 5.91 Å². The van der Waals surface area contributed by atoms with Crippen LogP contribution in [0.3, 0.4) is 0 Å². The molecule has 0 bridgehead atoms.